The van der Waals surface area contributed by atoms with Crippen LogP contribution in [0.15, 0.2) is 11.4 Å². The molecule has 0 atom stereocenters. The summed E-state index contributed by atoms with van der Waals surface area (Å²) in [5.74, 6) is -0.833. The summed E-state index contributed by atoms with van der Waals surface area (Å²) < 4.78 is 6.55. The van der Waals surface area contributed by atoms with Crippen molar-refractivity contribution in [2.75, 3.05) is 11.9 Å². The number of carbonyl (C=O) groups is 2. The summed E-state index contributed by atoms with van der Waals surface area (Å²) >= 11 is 1.17. The molecule has 25 heavy (non-hydrogen) atoms. The van der Waals surface area contributed by atoms with Gasteiger partial charge in [-0.05, 0) is 26.8 Å². The zero-order valence-corrected chi connectivity index (χ0v) is 15.1. The number of fused-ring (bicyclic) bond motifs is 1. The second-order valence-corrected chi connectivity index (χ2v) is 6.29. The molecule has 3 rings (SSSR count). The molecule has 1 N–H and O–H groups in total. The highest BCUT2D eigenvalue weighted by Crippen LogP contribution is 2.23. The van der Waals surface area contributed by atoms with E-state index in [-0.39, 0.29) is 18.2 Å². The van der Waals surface area contributed by atoms with Gasteiger partial charge < -0.3 is 4.74 Å². The van der Waals surface area contributed by atoms with Crippen LogP contribution in [0.25, 0.3) is 11.0 Å². The van der Waals surface area contributed by atoms with E-state index in [1.54, 1.807) is 30.1 Å². The molecule has 1 amide bonds. The Balaban J connectivity index is 1.92. The SMILES string of the molecule is CCOC(=O)c1csc(NC(=O)c2cc(C)nc3c2c(C)nn3C)n1. The number of carbonyl (C=O) groups excluding carboxylic acids is 2. The molecular weight excluding hydrogens is 342 g/mol. The number of hydrogen-bond acceptors (Lipinski definition) is 7. The molecule has 0 radical (unpaired) electrons. The molecule has 3 heterocycles. The summed E-state index contributed by atoms with van der Waals surface area (Å²) in [7, 11) is 1.79. The van der Waals surface area contributed by atoms with Crippen molar-refractivity contribution >= 4 is 39.4 Å². The van der Waals surface area contributed by atoms with Gasteiger partial charge in [0, 0.05) is 18.1 Å². The van der Waals surface area contributed by atoms with Crippen LogP contribution in [0, 0.1) is 13.8 Å². The number of hydrogen-bond donors (Lipinski definition) is 1. The van der Waals surface area contributed by atoms with Crippen molar-refractivity contribution in [1.29, 1.82) is 0 Å². The van der Waals surface area contributed by atoms with E-state index in [4.69, 9.17) is 4.74 Å². The van der Waals surface area contributed by atoms with Crippen LogP contribution >= 0.6 is 11.3 Å². The summed E-state index contributed by atoms with van der Waals surface area (Å²) in [5, 5.41) is 9.64. The summed E-state index contributed by atoms with van der Waals surface area (Å²) in [6, 6.07) is 1.71. The van der Waals surface area contributed by atoms with Gasteiger partial charge in [0.05, 0.1) is 23.3 Å². The number of rotatable bonds is 4. The first-order valence-corrected chi connectivity index (χ1v) is 8.53. The lowest BCUT2D eigenvalue weighted by Gasteiger charge is -2.05. The minimum absolute atomic E-state index is 0.177. The molecular formula is C16H17N5O3S. The number of anilines is 1. The van der Waals surface area contributed by atoms with Gasteiger partial charge in [-0.2, -0.15) is 5.10 Å². The van der Waals surface area contributed by atoms with Gasteiger partial charge >= 0.3 is 5.97 Å². The lowest BCUT2D eigenvalue weighted by molar-refractivity contribution is 0.0520. The molecule has 0 spiro atoms. The topological polar surface area (TPSA) is 99.0 Å². The maximum atomic E-state index is 12.7. The molecule has 0 unspecified atom stereocenters. The Morgan fingerprint density at radius 2 is 2.08 bits per heavy atom. The quantitative estimate of drug-likeness (QED) is 0.719. The molecule has 130 valence electrons. The monoisotopic (exact) mass is 359 g/mol. The van der Waals surface area contributed by atoms with E-state index in [0.29, 0.717) is 27.4 Å². The summed E-state index contributed by atoms with van der Waals surface area (Å²) in [5.41, 5.74) is 2.74. The zero-order chi connectivity index (χ0) is 18.1. The minimum atomic E-state index is -0.510. The fraction of sp³-hybridized carbons (Fsp3) is 0.312. The molecule has 0 aromatic carbocycles. The molecule has 0 fully saturated rings. The predicted octanol–water partition coefficient (Wildman–Crippen LogP) is 2.47. The zero-order valence-electron chi connectivity index (χ0n) is 14.3. The average molecular weight is 359 g/mol. The highest BCUT2D eigenvalue weighted by molar-refractivity contribution is 7.14. The Labute approximate surface area is 147 Å². The third-order valence-corrected chi connectivity index (χ3v) is 4.31. The molecule has 0 saturated heterocycles. The predicted molar refractivity (Wildman–Crippen MR) is 94.0 cm³/mol. The molecule has 0 aliphatic rings. The number of pyridine rings is 1. The molecule has 0 bridgehead atoms. The highest BCUT2D eigenvalue weighted by Gasteiger charge is 2.19. The maximum absolute atomic E-state index is 12.7. The summed E-state index contributed by atoms with van der Waals surface area (Å²) in [4.78, 5) is 32.9. The molecule has 9 heteroatoms. The van der Waals surface area contributed by atoms with Crippen molar-refractivity contribution in [2.45, 2.75) is 20.8 Å². The lowest BCUT2D eigenvalue weighted by atomic mass is 10.1. The van der Waals surface area contributed by atoms with Gasteiger partial charge in [-0.3, -0.25) is 14.8 Å². The number of aromatic nitrogens is 4. The fourth-order valence-electron chi connectivity index (χ4n) is 2.54. The van der Waals surface area contributed by atoms with Crippen LogP contribution in [-0.2, 0) is 11.8 Å². The van der Waals surface area contributed by atoms with Crippen molar-refractivity contribution in [2.24, 2.45) is 7.05 Å². The number of nitrogens with zero attached hydrogens (tertiary/aromatic N) is 4. The van der Waals surface area contributed by atoms with Crippen LogP contribution in [0.5, 0.6) is 0 Å². The molecule has 0 aliphatic heterocycles. The number of esters is 1. The van der Waals surface area contributed by atoms with Crippen LogP contribution in [0.2, 0.25) is 0 Å². The van der Waals surface area contributed by atoms with Crippen molar-refractivity contribution in [1.82, 2.24) is 19.7 Å². The van der Waals surface area contributed by atoms with Crippen molar-refractivity contribution in [3.05, 3.63) is 34.1 Å². The van der Waals surface area contributed by atoms with Crippen LogP contribution in [0.3, 0.4) is 0 Å². The van der Waals surface area contributed by atoms with Crippen molar-refractivity contribution in [3.8, 4) is 0 Å². The maximum Gasteiger partial charge on any atom is 0.357 e. The second-order valence-electron chi connectivity index (χ2n) is 5.43. The van der Waals surface area contributed by atoms with Crippen molar-refractivity contribution in [3.63, 3.8) is 0 Å². The van der Waals surface area contributed by atoms with Gasteiger partial charge in [0.1, 0.15) is 0 Å². The highest BCUT2D eigenvalue weighted by atomic mass is 32.1. The van der Waals surface area contributed by atoms with Gasteiger partial charge in [-0.15, -0.1) is 11.3 Å². The van der Waals surface area contributed by atoms with Crippen LogP contribution in [0.1, 0.15) is 39.2 Å². The first-order chi connectivity index (χ1) is 11.9. The lowest BCUT2D eigenvalue weighted by Crippen LogP contribution is -2.14. The number of thiazole rings is 1. The first-order valence-electron chi connectivity index (χ1n) is 7.65. The Hall–Kier alpha value is -2.81. The van der Waals surface area contributed by atoms with E-state index >= 15 is 0 Å². The van der Waals surface area contributed by atoms with Crippen molar-refractivity contribution < 1.29 is 14.3 Å². The number of aryl methyl sites for hydroxylation is 3. The normalized spacial score (nSPS) is 10.9. The van der Waals surface area contributed by atoms with Gasteiger partial charge in [-0.25, -0.2) is 14.8 Å². The van der Waals surface area contributed by atoms with Gasteiger partial charge in [0.25, 0.3) is 5.91 Å². The number of ether oxygens (including phenoxy) is 1. The molecule has 0 saturated carbocycles. The van der Waals surface area contributed by atoms with Crippen LogP contribution in [0.4, 0.5) is 5.13 Å². The standard InChI is InChI=1S/C16H17N5O3S/c1-5-24-15(23)11-7-25-16(18-11)19-14(22)10-6-8(2)17-13-12(10)9(3)20-21(13)4/h6-7H,5H2,1-4H3,(H,18,19,22). The van der Waals surface area contributed by atoms with Gasteiger partial charge in [-0.1, -0.05) is 0 Å². The van der Waals surface area contributed by atoms with E-state index in [2.05, 4.69) is 20.4 Å². The van der Waals surface area contributed by atoms with E-state index in [9.17, 15) is 9.59 Å². The Kier molecular flexibility index (Phi) is 4.49. The van der Waals surface area contributed by atoms with E-state index < -0.39 is 5.97 Å². The molecule has 8 nitrogen and oxygen atoms in total. The average Bonchev–Trinajstić information content (AvgIpc) is 3.12. The largest absolute Gasteiger partial charge is 0.461 e. The van der Waals surface area contributed by atoms with E-state index in [0.717, 1.165) is 5.69 Å². The second kappa shape index (κ2) is 6.60. The smallest absolute Gasteiger partial charge is 0.357 e. The third-order valence-electron chi connectivity index (χ3n) is 3.55. The molecule has 0 aliphatic carbocycles. The summed E-state index contributed by atoms with van der Waals surface area (Å²) in [6.07, 6.45) is 0. The Bertz CT molecular complexity index is 976. The third kappa shape index (κ3) is 3.22. The first kappa shape index (κ1) is 17.0. The Morgan fingerprint density at radius 1 is 1.32 bits per heavy atom. The number of amides is 1. The Morgan fingerprint density at radius 3 is 2.80 bits per heavy atom. The molecule has 3 aromatic heterocycles. The van der Waals surface area contributed by atoms with E-state index in [1.165, 1.54) is 11.3 Å². The summed E-state index contributed by atoms with van der Waals surface area (Å²) in [6.45, 7) is 5.64. The van der Waals surface area contributed by atoms with Crippen LogP contribution < -0.4 is 5.32 Å². The number of nitrogens with one attached hydrogen (secondary N) is 1. The molecule has 3 aromatic rings. The minimum Gasteiger partial charge on any atom is -0.461 e. The fourth-order valence-corrected chi connectivity index (χ4v) is 3.22. The van der Waals surface area contributed by atoms with Gasteiger partial charge in [0.2, 0.25) is 0 Å². The van der Waals surface area contributed by atoms with E-state index in [1.807, 2.05) is 13.8 Å². The van der Waals surface area contributed by atoms with Gasteiger partial charge in [0.15, 0.2) is 16.5 Å². The van der Waals surface area contributed by atoms with Crippen LogP contribution in [-0.4, -0.2) is 38.2 Å².